The average Bonchev–Trinajstić information content (AvgIpc) is 2.71. The molecule has 0 saturated heterocycles. The number of rotatable bonds is 1. The lowest BCUT2D eigenvalue weighted by Gasteiger charge is -2.06. The van der Waals surface area contributed by atoms with Crippen molar-refractivity contribution in [2.75, 3.05) is 0 Å². The summed E-state index contributed by atoms with van der Waals surface area (Å²) in [5.74, 6) is 0.850. The third-order valence-corrected chi connectivity index (χ3v) is 3.32. The van der Waals surface area contributed by atoms with Crippen LogP contribution in [-0.4, -0.2) is 19.8 Å². The number of nitrogens with zero attached hydrogens (tertiary/aromatic N) is 2. The molecule has 2 aromatic carbocycles. The molecule has 1 heterocycles. The van der Waals surface area contributed by atoms with Crippen LogP contribution in [0.15, 0.2) is 36.4 Å². The topological polar surface area (TPSA) is 58.3 Å². The van der Waals surface area contributed by atoms with Crippen molar-refractivity contribution in [3.63, 3.8) is 0 Å². The summed E-state index contributed by atoms with van der Waals surface area (Å²) in [5, 5.41) is 19.5. The van der Waals surface area contributed by atoms with Crippen molar-refractivity contribution >= 4 is 11.0 Å². The molecule has 3 aromatic rings. The number of phenols is 2. The van der Waals surface area contributed by atoms with Crippen LogP contribution in [0.3, 0.4) is 0 Å². The summed E-state index contributed by atoms with van der Waals surface area (Å²) in [6, 6.07) is 10.4. The van der Waals surface area contributed by atoms with Crippen molar-refractivity contribution in [3.8, 4) is 22.9 Å². The van der Waals surface area contributed by atoms with E-state index in [0.717, 1.165) is 16.6 Å². The van der Waals surface area contributed by atoms with Gasteiger partial charge in [0.1, 0.15) is 17.3 Å². The molecular formula is C15H14N2O2. The van der Waals surface area contributed by atoms with E-state index in [9.17, 15) is 10.2 Å². The third kappa shape index (κ3) is 1.73. The Morgan fingerprint density at radius 2 is 1.89 bits per heavy atom. The second-order valence-corrected chi connectivity index (χ2v) is 4.64. The van der Waals surface area contributed by atoms with Crippen LogP contribution >= 0.6 is 0 Å². The summed E-state index contributed by atoms with van der Waals surface area (Å²) in [7, 11) is 1.90. The molecule has 0 fully saturated rings. The molecular weight excluding hydrogens is 240 g/mol. The van der Waals surface area contributed by atoms with Gasteiger partial charge in [-0.3, -0.25) is 0 Å². The van der Waals surface area contributed by atoms with Gasteiger partial charge in [0.2, 0.25) is 0 Å². The smallest absolute Gasteiger partial charge is 0.144 e. The summed E-state index contributed by atoms with van der Waals surface area (Å²) >= 11 is 0. The minimum absolute atomic E-state index is 0.105. The summed E-state index contributed by atoms with van der Waals surface area (Å²) in [5.41, 5.74) is 3.55. The lowest BCUT2D eigenvalue weighted by Crippen LogP contribution is -1.94. The maximum absolute atomic E-state index is 9.94. The van der Waals surface area contributed by atoms with Gasteiger partial charge in [-0.05, 0) is 36.8 Å². The van der Waals surface area contributed by atoms with Crippen LogP contribution in [0.5, 0.6) is 11.5 Å². The largest absolute Gasteiger partial charge is 0.508 e. The Morgan fingerprint density at radius 3 is 2.63 bits per heavy atom. The Balaban J connectivity index is 2.34. The number of benzene rings is 2. The van der Waals surface area contributed by atoms with E-state index in [0.29, 0.717) is 11.4 Å². The quantitative estimate of drug-likeness (QED) is 0.656. The predicted octanol–water partition coefficient (Wildman–Crippen LogP) is 2.96. The second kappa shape index (κ2) is 4.02. The van der Waals surface area contributed by atoms with Crippen molar-refractivity contribution in [1.29, 1.82) is 0 Å². The van der Waals surface area contributed by atoms with Gasteiger partial charge in [0.05, 0.1) is 16.6 Å². The molecule has 4 nitrogen and oxygen atoms in total. The molecule has 0 aliphatic carbocycles. The van der Waals surface area contributed by atoms with Gasteiger partial charge in [-0.1, -0.05) is 12.1 Å². The first kappa shape index (κ1) is 11.6. The number of hydrogen-bond donors (Lipinski definition) is 2. The van der Waals surface area contributed by atoms with Crippen molar-refractivity contribution in [2.24, 2.45) is 7.05 Å². The molecule has 2 N–H and O–H groups in total. The minimum Gasteiger partial charge on any atom is -0.508 e. The number of phenolic OH excluding ortho intramolecular Hbond substituents is 2. The summed E-state index contributed by atoms with van der Waals surface area (Å²) in [4.78, 5) is 4.54. The maximum atomic E-state index is 9.94. The van der Waals surface area contributed by atoms with Crippen molar-refractivity contribution in [3.05, 3.63) is 42.0 Å². The fourth-order valence-electron chi connectivity index (χ4n) is 2.41. The zero-order valence-electron chi connectivity index (χ0n) is 10.8. The van der Waals surface area contributed by atoms with E-state index in [1.165, 1.54) is 18.2 Å². The molecule has 0 aliphatic rings. The van der Waals surface area contributed by atoms with E-state index < -0.39 is 0 Å². The van der Waals surface area contributed by atoms with Crippen LogP contribution in [0.1, 0.15) is 5.56 Å². The Bertz CT molecular complexity index is 775. The van der Waals surface area contributed by atoms with Gasteiger partial charge in [0, 0.05) is 7.05 Å². The van der Waals surface area contributed by atoms with Crippen LogP contribution in [-0.2, 0) is 7.05 Å². The van der Waals surface area contributed by atoms with Gasteiger partial charge in [-0.15, -0.1) is 0 Å². The zero-order chi connectivity index (χ0) is 13.6. The van der Waals surface area contributed by atoms with Crippen molar-refractivity contribution < 1.29 is 10.2 Å². The van der Waals surface area contributed by atoms with Crippen molar-refractivity contribution in [2.45, 2.75) is 6.92 Å². The molecule has 4 heteroatoms. The first-order valence-corrected chi connectivity index (χ1v) is 6.02. The van der Waals surface area contributed by atoms with Crippen LogP contribution < -0.4 is 0 Å². The number of para-hydroxylation sites is 1. The van der Waals surface area contributed by atoms with Crippen LogP contribution in [0.2, 0.25) is 0 Å². The Labute approximate surface area is 110 Å². The number of aromatic nitrogens is 2. The molecule has 0 bridgehead atoms. The molecule has 0 aliphatic heterocycles. The van der Waals surface area contributed by atoms with E-state index in [2.05, 4.69) is 4.98 Å². The highest BCUT2D eigenvalue weighted by Gasteiger charge is 2.14. The van der Waals surface area contributed by atoms with Gasteiger partial charge < -0.3 is 14.8 Å². The third-order valence-electron chi connectivity index (χ3n) is 3.32. The fourth-order valence-corrected chi connectivity index (χ4v) is 2.41. The predicted molar refractivity (Wildman–Crippen MR) is 74.2 cm³/mol. The van der Waals surface area contributed by atoms with Gasteiger partial charge in [-0.2, -0.15) is 0 Å². The van der Waals surface area contributed by atoms with Crippen LogP contribution in [0.25, 0.3) is 22.4 Å². The molecule has 0 radical (unpaired) electrons. The number of aryl methyl sites for hydroxylation is 2. The SMILES string of the molecule is Cc1cccc2nc(-c3cc(O)ccc3O)n(C)c12. The molecule has 0 saturated carbocycles. The first-order chi connectivity index (χ1) is 9.08. The van der Waals surface area contributed by atoms with Crippen molar-refractivity contribution in [1.82, 2.24) is 9.55 Å². The van der Waals surface area contributed by atoms with Crippen LogP contribution in [0, 0.1) is 6.92 Å². The molecule has 0 unspecified atom stereocenters. The lowest BCUT2D eigenvalue weighted by atomic mass is 10.2. The normalized spacial score (nSPS) is 11.1. The highest BCUT2D eigenvalue weighted by molar-refractivity contribution is 5.84. The molecule has 19 heavy (non-hydrogen) atoms. The molecule has 0 amide bonds. The average molecular weight is 254 g/mol. The summed E-state index contributed by atoms with van der Waals surface area (Å²) in [6.45, 7) is 2.02. The summed E-state index contributed by atoms with van der Waals surface area (Å²) < 4.78 is 1.93. The second-order valence-electron chi connectivity index (χ2n) is 4.64. The number of fused-ring (bicyclic) bond motifs is 1. The molecule has 96 valence electrons. The van der Waals surface area contributed by atoms with E-state index in [-0.39, 0.29) is 11.5 Å². The molecule has 3 rings (SSSR count). The highest BCUT2D eigenvalue weighted by Crippen LogP contribution is 2.33. The Kier molecular flexibility index (Phi) is 2.45. The molecule has 0 spiro atoms. The highest BCUT2D eigenvalue weighted by atomic mass is 16.3. The minimum atomic E-state index is 0.105. The fraction of sp³-hybridized carbons (Fsp3) is 0.133. The standard InChI is InChI=1S/C15H14N2O2/c1-9-4-3-5-12-14(9)17(2)15(16-12)11-8-10(18)6-7-13(11)19/h3-8,18-19H,1-2H3. The van der Waals surface area contributed by atoms with E-state index in [1.54, 1.807) is 0 Å². The van der Waals surface area contributed by atoms with Gasteiger partial charge in [-0.25, -0.2) is 4.98 Å². The van der Waals surface area contributed by atoms with Gasteiger partial charge >= 0.3 is 0 Å². The Hall–Kier alpha value is -2.49. The number of imidazole rings is 1. The molecule has 0 atom stereocenters. The van der Waals surface area contributed by atoms with Gasteiger partial charge in [0.15, 0.2) is 0 Å². The van der Waals surface area contributed by atoms with E-state index >= 15 is 0 Å². The van der Waals surface area contributed by atoms with E-state index in [4.69, 9.17) is 0 Å². The van der Waals surface area contributed by atoms with Crippen LogP contribution in [0.4, 0.5) is 0 Å². The molecule has 1 aromatic heterocycles. The lowest BCUT2D eigenvalue weighted by molar-refractivity contribution is 0.461. The van der Waals surface area contributed by atoms with E-state index in [1.807, 2.05) is 36.7 Å². The Morgan fingerprint density at radius 1 is 1.11 bits per heavy atom. The summed E-state index contributed by atoms with van der Waals surface area (Å²) in [6.07, 6.45) is 0. The van der Waals surface area contributed by atoms with Gasteiger partial charge in [0.25, 0.3) is 0 Å². The first-order valence-electron chi connectivity index (χ1n) is 6.02. The zero-order valence-corrected chi connectivity index (χ0v) is 10.8. The number of aromatic hydroxyl groups is 2. The number of hydrogen-bond acceptors (Lipinski definition) is 3. The maximum Gasteiger partial charge on any atom is 0.144 e. The monoisotopic (exact) mass is 254 g/mol.